The molecule has 0 fully saturated rings. The van der Waals surface area contributed by atoms with Gasteiger partial charge in [-0.05, 0) is 30.7 Å². The summed E-state index contributed by atoms with van der Waals surface area (Å²) < 4.78 is 0. The van der Waals surface area contributed by atoms with Crippen molar-refractivity contribution >= 4 is 34.7 Å². The number of nitrogens with one attached hydrogen (secondary N) is 2. The summed E-state index contributed by atoms with van der Waals surface area (Å²) >= 11 is 3.15. The largest absolute Gasteiger partial charge is 0.343 e. The van der Waals surface area contributed by atoms with E-state index in [1.165, 1.54) is 0 Å². The Morgan fingerprint density at radius 1 is 1.35 bits per heavy atom. The number of fused-ring (bicyclic) bond motifs is 1. The predicted molar refractivity (Wildman–Crippen MR) is 106 cm³/mol. The summed E-state index contributed by atoms with van der Waals surface area (Å²) in [6, 6.07) is 3.96. The highest BCUT2D eigenvalue weighted by Crippen LogP contribution is 2.44. The van der Waals surface area contributed by atoms with E-state index in [0.29, 0.717) is 23.0 Å². The number of H-pyrrole nitrogens is 1. The van der Waals surface area contributed by atoms with Gasteiger partial charge in [-0.2, -0.15) is 0 Å². The third kappa shape index (κ3) is 3.14. The zero-order chi connectivity index (χ0) is 18.1. The summed E-state index contributed by atoms with van der Waals surface area (Å²) in [5, 5.41) is 5.94. The lowest BCUT2D eigenvalue weighted by Gasteiger charge is -2.32. The molecule has 0 spiro atoms. The minimum absolute atomic E-state index is 0.142. The maximum absolute atomic E-state index is 12.9. The van der Waals surface area contributed by atoms with Crippen molar-refractivity contribution in [3.8, 4) is 0 Å². The Labute approximate surface area is 160 Å². The second-order valence-electron chi connectivity index (χ2n) is 6.58. The van der Waals surface area contributed by atoms with E-state index in [-0.39, 0.29) is 17.3 Å². The third-order valence-electron chi connectivity index (χ3n) is 4.80. The Hall–Kier alpha value is -1.86. The predicted octanol–water partition coefficient (Wildman–Crippen LogP) is 4.29. The minimum Gasteiger partial charge on any atom is -0.343 e. The number of aromatic nitrogens is 2. The molecule has 0 amide bonds. The summed E-state index contributed by atoms with van der Waals surface area (Å²) in [5.41, 5.74) is 2.12. The number of ketones is 1. The van der Waals surface area contributed by atoms with Crippen LogP contribution in [0.4, 0.5) is 5.82 Å². The summed E-state index contributed by atoms with van der Waals surface area (Å²) in [5.74, 6) is 1.38. The third-order valence-corrected chi connectivity index (χ3v) is 6.70. The number of thiophene rings is 1. The summed E-state index contributed by atoms with van der Waals surface area (Å²) in [7, 11) is 0. The van der Waals surface area contributed by atoms with E-state index in [0.717, 1.165) is 47.6 Å². The van der Waals surface area contributed by atoms with Crippen molar-refractivity contribution in [1.29, 1.82) is 0 Å². The molecule has 2 aliphatic rings. The number of allylic oxidation sites excluding steroid dienone is 2. The topological polar surface area (TPSA) is 74.8 Å². The van der Waals surface area contributed by atoms with Gasteiger partial charge < -0.3 is 10.3 Å². The number of carbonyl (C=O) groups is 1. The Morgan fingerprint density at radius 3 is 3.00 bits per heavy atom. The number of Topliss-reactive ketones (excluding diaryl/α,β-unsaturated/α-hetero) is 1. The second-order valence-corrected chi connectivity index (χ2v) is 8.64. The average Bonchev–Trinajstić information content (AvgIpc) is 3.15. The molecule has 4 rings (SSSR count). The van der Waals surface area contributed by atoms with Crippen LogP contribution >= 0.6 is 23.1 Å². The van der Waals surface area contributed by atoms with Gasteiger partial charge in [-0.1, -0.05) is 31.2 Å². The first-order valence-electron chi connectivity index (χ1n) is 9.02. The fraction of sp³-hybridized carbons (Fsp3) is 0.421. The molecule has 2 N–H and O–H groups in total. The molecule has 1 aliphatic heterocycles. The second kappa shape index (κ2) is 7.40. The van der Waals surface area contributed by atoms with E-state index in [1.807, 2.05) is 17.5 Å². The lowest BCUT2D eigenvalue weighted by Crippen LogP contribution is -2.32. The van der Waals surface area contributed by atoms with Crippen molar-refractivity contribution in [2.45, 2.75) is 50.1 Å². The molecule has 136 valence electrons. The molecule has 0 aromatic carbocycles. The normalized spacial score (nSPS) is 19.1. The van der Waals surface area contributed by atoms with Gasteiger partial charge in [-0.15, -0.1) is 11.3 Å². The first-order chi connectivity index (χ1) is 12.7. The monoisotopic (exact) mass is 387 g/mol. The smallest absolute Gasteiger partial charge is 0.257 e. The van der Waals surface area contributed by atoms with Crippen LogP contribution in [-0.2, 0) is 4.79 Å². The zero-order valence-corrected chi connectivity index (χ0v) is 16.3. The molecule has 7 heteroatoms. The van der Waals surface area contributed by atoms with Gasteiger partial charge in [0, 0.05) is 28.3 Å². The zero-order valence-electron chi connectivity index (χ0n) is 14.6. The van der Waals surface area contributed by atoms with Crippen molar-refractivity contribution < 1.29 is 4.79 Å². The van der Waals surface area contributed by atoms with Crippen LogP contribution in [0.5, 0.6) is 0 Å². The highest BCUT2D eigenvalue weighted by Gasteiger charge is 2.38. The lowest BCUT2D eigenvalue weighted by atomic mass is 9.79. The Kier molecular flexibility index (Phi) is 5.00. The first-order valence-corrected chi connectivity index (χ1v) is 10.9. The Morgan fingerprint density at radius 2 is 2.23 bits per heavy atom. The molecule has 5 nitrogen and oxygen atoms in total. The standard InChI is InChI=1S/C19H21N3O2S2/c1-2-3-9-26-19-21-17-16(18(24)22-19)15(13-8-5-10-25-13)14-11(20-17)6-4-7-12(14)23/h5,8,10,15H,2-4,6-7,9H2,1H3,(H2,20,21,22,24)/t15-/m0/s1. The van der Waals surface area contributed by atoms with Crippen LogP contribution in [-0.4, -0.2) is 21.5 Å². The quantitative estimate of drug-likeness (QED) is 0.455. The highest BCUT2D eigenvalue weighted by atomic mass is 32.2. The number of aromatic amines is 1. The molecule has 2 aromatic heterocycles. The summed E-state index contributed by atoms with van der Waals surface area (Å²) in [4.78, 5) is 34.2. The number of anilines is 1. The summed E-state index contributed by atoms with van der Waals surface area (Å²) in [6.45, 7) is 2.14. The molecule has 26 heavy (non-hydrogen) atoms. The maximum Gasteiger partial charge on any atom is 0.257 e. The molecular weight excluding hydrogens is 366 g/mol. The number of hydrogen-bond acceptors (Lipinski definition) is 6. The van der Waals surface area contributed by atoms with E-state index in [4.69, 9.17) is 0 Å². The van der Waals surface area contributed by atoms with E-state index in [2.05, 4.69) is 22.2 Å². The van der Waals surface area contributed by atoms with Gasteiger partial charge in [0.1, 0.15) is 5.82 Å². The van der Waals surface area contributed by atoms with Crippen molar-refractivity contribution in [2.24, 2.45) is 0 Å². The number of rotatable bonds is 5. The molecule has 3 heterocycles. The Bertz CT molecular complexity index is 915. The number of hydrogen-bond donors (Lipinski definition) is 2. The molecule has 1 aliphatic carbocycles. The van der Waals surface area contributed by atoms with Gasteiger partial charge in [0.2, 0.25) is 0 Å². The van der Waals surface area contributed by atoms with Crippen LogP contribution in [0.2, 0.25) is 0 Å². The van der Waals surface area contributed by atoms with Crippen LogP contribution in [0.3, 0.4) is 0 Å². The molecule has 0 saturated heterocycles. The molecule has 0 saturated carbocycles. The number of thioether (sulfide) groups is 1. The average molecular weight is 388 g/mol. The molecule has 0 bridgehead atoms. The lowest BCUT2D eigenvalue weighted by molar-refractivity contribution is -0.116. The SMILES string of the molecule is CCCCSc1nc2c(c(=O)[nH]1)[C@@H](c1cccs1)C1=C(CCCC1=O)N2. The molecule has 1 atom stereocenters. The van der Waals surface area contributed by atoms with Crippen molar-refractivity contribution in [2.75, 3.05) is 11.1 Å². The van der Waals surface area contributed by atoms with Crippen LogP contribution in [0.1, 0.15) is 55.4 Å². The van der Waals surface area contributed by atoms with E-state index in [9.17, 15) is 9.59 Å². The highest BCUT2D eigenvalue weighted by molar-refractivity contribution is 7.99. The Balaban J connectivity index is 1.81. The van der Waals surface area contributed by atoms with Crippen LogP contribution in [0, 0.1) is 0 Å². The van der Waals surface area contributed by atoms with Gasteiger partial charge in [-0.25, -0.2) is 4.98 Å². The van der Waals surface area contributed by atoms with Crippen molar-refractivity contribution in [1.82, 2.24) is 9.97 Å². The van der Waals surface area contributed by atoms with Crippen molar-refractivity contribution in [3.63, 3.8) is 0 Å². The molecular formula is C19H21N3O2S2. The van der Waals surface area contributed by atoms with Crippen LogP contribution < -0.4 is 10.9 Å². The van der Waals surface area contributed by atoms with Gasteiger partial charge >= 0.3 is 0 Å². The number of unbranched alkanes of at least 4 members (excludes halogenated alkanes) is 1. The summed E-state index contributed by atoms with van der Waals surface area (Å²) in [6.07, 6.45) is 4.42. The van der Waals surface area contributed by atoms with Gasteiger partial charge in [0.15, 0.2) is 10.9 Å². The fourth-order valence-electron chi connectivity index (χ4n) is 3.56. The van der Waals surface area contributed by atoms with E-state index < -0.39 is 0 Å². The minimum atomic E-state index is -0.306. The van der Waals surface area contributed by atoms with Crippen LogP contribution in [0.15, 0.2) is 38.7 Å². The van der Waals surface area contributed by atoms with Gasteiger partial charge in [0.05, 0.1) is 11.5 Å². The van der Waals surface area contributed by atoms with E-state index >= 15 is 0 Å². The molecule has 0 radical (unpaired) electrons. The molecule has 2 aromatic rings. The number of nitrogens with zero attached hydrogens (tertiary/aromatic N) is 1. The van der Waals surface area contributed by atoms with Gasteiger partial charge in [0.25, 0.3) is 5.56 Å². The van der Waals surface area contributed by atoms with Crippen molar-refractivity contribution in [3.05, 3.63) is 49.6 Å². The van der Waals surface area contributed by atoms with Crippen LogP contribution in [0.25, 0.3) is 0 Å². The van der Waals surface area contributed by atoms with Gasteiger partial charge in [-0.3, -0.25) is 9.59 Å². The fourth-order valence-corrected chi connectivity index (χ4v) is 5.35. The number of carbonyl (C=O) groups excluding carboxylic acids is 1. The first kappa shape index (κ1) is 17.5. The van der Waals surface area contributed by atoms with E-state index in [1.54, 1.807) is 23.1 Å². The maximum atomic E-state index is 12.9. The molecule has 0 unspecified atom stereocenters.